The fourth-order valence-electron chi connectivity index (χ4n) is 3.10. The van der Waals surface area contributed by atoms with Crippen LogP contribution in [0, 0.1) is 0 Å². The largest absolute Gasteiger partial charge is 0.493 e. The van der Waals surface area contributed by atoms with Crippen molar-refractivity contribution in [2.45, 2.75) is 31.6 Å². The minimum absolute atomic E-state index is 0.0636. The monoisotopic (exact) mass is 388 g/mol. The van der Waals surface area contributed by atoms with E-state index in [1.54, 1.807) is 47.4 Å². The second kappa shape index (κ2) is 8.00. The van der Waals surface area contributed by atoms with Crippen LogP contribution in [0.3, 0.4) is 0 Å². The first kappa shape index (κ1) is 19.2. The number of sulfonamides is 1. The highest BCUT2D eigenvalue weighted by atomic mass is 32.2. The third-order valence-electron chi connectivity index (χ3n) is 4.65. The normalized spacial score (nSPS) is 13.0. The van der Waals surface area contributed by atoms with E-state index in [1.807, 2.05) is 13.8 Å². The Morgan fingerprint density at radius 3 is 2.48 bits per heavy atom. The zero-order chi connectivity index (χ0) is 19.4. The van der Waals surface area contributed by atoms with Crippen molar-refractivity contribution in [2.24, 2.45) is 0 Å². The molecular formula is C20H24N2O4S. The average molecular weight is 388 g/mol. The molecule has 1 amide bonds. The fraction of sp³-hybridized carbons (Fsp3) is 0.350. The van der Waals surface area contributed by atoms with E-state index in [0.717, 1.165) is 16.9 Å². The molecule has 144 valence electrons. The lowest BCUT2D eigenvalue weighted by molar-refractivity contribution is -0.130. The Bertz CT molecular complexity index is 919. The van der Waals surface area contributed by atoms with E-state index in [-0.39, 0.29) is 10.8 Å². The van der Waals surface area contributed by atoms with Gasteiger partial charge in [0.25, 0.3) is 10.0 Å². The van der Waals surface area contributed by atoms with Crippen molar-refractivity contribution < 1.29 is 17.9 Å². The van der Waals surface area contributed by atoms with Crippen LogP contribution in [0.2, 0.25) is 0 Å². The summed E-state index contributed by atoms with van der Waals surface area (Å²) in [6, 6.07) is 11.8. The summed E-state index contributed by atoms with van der Waals surface area (Å²) < 4.78 is 33.2. The van der Waals surface area contributed by atoms with Crippen LogP contribution in [0.4, 0.5) is 5.69 Å². The molecule has 0 spiro atoms. The van der Waals surface area contributed by atoms with E-state index in [1.165, 1.54) is 0 Å². The van der Waals surface area contributed by atoms with Gasteiger partial charge in [-0.25, -0.2) is 8.42 Å². The van der Waals surface area contributed by atoms with E-state index in [2.05, 4.69) is 4.72 Å². The first-order valence-corrected chi connectivity index (χ1v) is 10.6. The number of carbonyl (C=O) groups excluding carboxylic acids is 1. The van der Waals surface area contributed by atoms with Crippen LogP contribution >= 0.6 is 0 Å². The number of hydrogen-bond acceptors (Lipinski definition) is 4. The van der Waals surface area contributed by atoms with Gasteiger partial charge in [-0.15, -0.1) is 0 Å². The molecule has 2 aromatic rings. The van der Waals surface area contributed by atoms with Crippen molar-refractivity contribution in [1.29, 1.82) is 0 Å². The summed E-state index contributed by atoms with van der Waals surface area (Å²) in [6.07, 6.45) is 1.02. The Morgan fingerprint density at radius 2 is 1.81 bits per heavy atom. The third kappa shape index (κ3) is 4.42. The van der Waals surface area contributed by atoms with Crippen LogP contribution in [0.1, 0.15) is 25.0 Å². The summed E-state index contributed by atoms with van der Waals surface area (Å²) in [5, 5.41) is 0. The van der Waals surface area contributed by atoms with E-state index in [0.29, 0.717) is 38.2 Å². The van der Waals surface area contributed by atoms with Gasteiger partial charge in [0.2, 0.25) is 5.91 Å². The highest BCUT2D eigenvalue weighted by Gasteiger charge is 2.19. The number of anilines is 1. The smallest absolute Gasteiger partial charge is 0.261 e. The molecule has 0 aromatic heterocycles. The highest BCUT2D eigenvalue weighted by Crippen LogP contribution is 2.28. The van der Waals surface area contributed by atoms with Crippen molar-refractivity contribution in [2.75, 3.05) is 24.4 Å². The van der Waals surface area contributed by atoms with Gasteiger partial charge >= 0.3 is 0 Å². The Kier molecular flexibility index (Phi) is 5.70. The number of rotatable bonds is 7. The Hall–Kier alpha value is -2.54. The highest BCUT2D eigenvalue weighted by molar-refractivity contribution is 7.92. The number of amides is 1. The maximum atomic E-state index is 12.6. The Morgan fingerprint density at radius 1 is 1.11 bits per heavy atom. The van der Waals surface area contributed by atoms with Gasteiger partial charge in [0.15, 0.2) is 0 Å². The molecule has 0 saturated carbocycles. The molecule has 6 nitrogen and oxygen atoms in total. The van der Waals surface area contributed by atoms with Gasteiger partial charge in [0.1, 0.15) is 5.75 Å². The molecule has 3 rings (SSSR count). The van der Waals surface area contributed by atoms with E-state index >= 15 is 0 Å². The van der Waals surface area contributed by atoms with Gasteiger partial charge < -0.3 is 9.64 Å². The van der Waals surface area contributed by atoms with Crippen molar-refractivity contribution >= 4 is 21.6 Å². The van der Waals surface area contributed by atoms with Crippen molar-refractivity contribution in [3.8, 4) is 5.75 Å². The lowest BCUT2D eigenvalue weighted by Gasteiger charge is -2.18. The Labute approximate surface area is 160 Å². The summed E-state index contributed by atoms with van der Waals surface area (Å²) >= 11 is 0. The van der Waals surface area contributed by atoms with E-state index in [4.69, 9.17) is 4.74 Å². The van der Waals surface area contributed by atoms with Gasteiger partial charge in [0.05, 0.1) is 17.9 Å². The van der Waals surface area contributed by atoms with Crippen LogP contribution in [0.15, 0.2) is 47.4 Å². The Balaban J connectivity index is 1.69. The molecule has 1 N–H and O–H groups in total. The molecule has 0 aliphatic carbocycles. The first-order chi connectivity index (χ1) is 12.9. The minimum atomic E-state index is -3.67. The molecule has 0 bridgehead atoms. The zero-order valence-electron chi connectivity index (χ0n) is 15.6. The predicted molar refractivity (Wildman–Crippen MR) is 105 cm³/mol. The molecule has 0 atom stereocenters. The second-order valence-electron chi connectivity index (χ2n) is 6.41. The molecule has 1 heterocycles. The number of fused-ring (bicyclic) bond motifs is 1. The molecular weight excluding hydrogens is 364 g/mol. The molecule has 1 aliphatic heterocycles. The van der Waals surface area contributed by atoms with Gasteiger partial charge in [0, 0.05) is 25.2 Å². The SMILES string of the molecule is CCN(CC)C(=O)Cc1ccc(NS(=O)(=O)c2ccc3c(c2)CCO3)cc1. The number of nitrogens with one attached hydrogen (secondary N) is 1. The lowest BCUT2D eigenvalue weighted by Crippen LogP contribution is -2.31. The van der Waals surface area contributed by atoms with Crippen LogP contribution in [-0.2, 0) is 27.7 Å². The predicted octanol–water partition coefficient (Wildman–Crippen LogP) is 2.83. The summed E-state index contributed by atoms with van der Waals surface area (Å²) in [5.74, 6) is 0.810. The number of likely N-dealkylation sites (N-methyl/N-ethyl adjacent to an activating group) is 1. The molecule has 27 heavy (non-hydrogen) atoms. The van der Waals surface area contributed by atoms with Crippen molar-refractivity contribution in [1.82, 2.24) is 4.90 Å². The van der Waals surface area contributed by atoms with Gasteiger partial charge in [-0.1, -0.05) is 12.1 Å². The van der Waals surface area contributed by atoms with Gasteiger partial charge in [-0.05, 0) is 55.3 Å². The molecule has 0 unspecified atom stereocenters. The maximum Gasteiger partial charge on any atom is 0.261 e. The van der Waals surface area contributed by atoms with Gasteiger partial charge in [-0.2, -0.15) is 0 Å². The molecule has 7 heteroatoms. The van der Waals surface area contributed by atoms with Crippen LogP contribution in [0.5, 0.6) is 5.75 Å². The van der Waals surface area contributed by atoms with Crippen molar-refractivity contribution in [3.63, 3.8) is 0 Å². The summed E-state index contributed by atoms with van der Waals surface area (Å²) in [6.45, 7) is 5.84. The van der Waals surface area contributed by atoms with Crippen LogP contribution in [-0.4, -0.2) is 38.9 Å². The second-order valence-corrected chi connectivity index (χ2v) is 8.10. The number of benzene rings is 2. The molecule has 0 fully saturated rings. The number of nitrogens with zero attached hydrogens (tertiary/aromatic N) is 1. The quantitative estimate of drug-likeness (QED) is 0.791. The number of ether oxygens (including phenoxy) is 1. The lowest BCUT2D eigenvalue weighted by atomic mass is 10.1. The third-order valence-corrected chi connectivity index (χ3v) is 6.03. The van der Waals surface area contributed by atoms with Gasteiger partial charge in [-0.3, -0.25) is 9.52 Å². The summed E-state index contributed by atoms with van der Waals surface area (Å²) in [5.41, 5.74) is 2.22. The molecule has 1 aliphatic rings. The average Bonchev–Trinajstić information content (AvgIpc) is 3.12. The fourth-order valence-corrected chi connectivity index (χ4v) is 4.21. The molecule has 0 radical (unpaired) electrons. The maximum absolute atomic E-state index is 12.6. The van der Waals surface area contributed by atoms with E-state index in [9.17, 15) is 13.2 Å². The summed E-state index contributed by atoms with van der Waals surface area (Å²) in [4.78, 5) is 14.2. The van der Waals surface area contributed by atoms with Crippen LogP contribution in [0.25, 0.3) is 0 Å². The first-order valence-electron chi connectivity index (χ1n) is 9.08. The topological polar surface area (TPSA) is 75.7 Å². The number of hydrogen-bond donors (Lipinski definition) is 1. The van der Waals surface area contributed by atoms with E-state index < -0.39 is 10.0 Å². The molecule has 0 saturated heterocycles. The standard InChI is InChI=1S/C20H24N2O4S/c1-3-22(4-2)20(23)13-15-5-7-17(8-6-15)21-27(24,25)18-9-10-19-16(14-18)11-12-26-19/h5-10,14,21H,3-4,11-13H2,1-2H3. The molecule has 2 aromatic carbocycles. The summed E-state index contributed by atoms with van der Waals surface area (Å²) in [7, 11) is -3.67. The van der Waals surface area contributed by atoms with Crippen molar-refractivity contribution in [3.05, 3.63) is 53.6 Å². The number of carbonyl (C=O) groups is 1. The minimum Gasteiger partial charge on any atom is -0.493 e. The van der Waals surface area contributed by atoms with Crippen LogP contribution < -0.4 is 9.46 Å². The zero-order valence-corrected chi connectivity index (χ0v) is 16.4.